The molecule has 0 fully saturated rings. The molecule has 2 aromatic carbocycles. The molecule has 0 saturated heterocycles. The minimum Gasteiger partial charge on any atom is -0.497 e. The number of aryl methyl sites for hydroxylation is 3. The lowest BCUT2D eigenvalue weighted by Crippen LogP contribution is -2.13. The van der Waals surface area contributed by atoms with Crippen LogP contribution in [0, 0.1) is 13.8 Å². The molecule has 0 spiro atoms. The molecule has 2 rings (SSSR count). The van der Waals surface area contributed by atoms with Crippen LogP contribution in [0.1, 0.15) is 23.1 Å². The molecular formula is C19H23NO3. The number of methoxy groups -OCH3 is 2. The van der Waals surface area contributed by atoms with Crippen LogP contribution in [-0.4, -0.2) is 20.1 Å². The van der Waals surface area contributed by atoms with E-state index in [0.717, 1.165) is 28.3 Å². The maximum atomic E-state index is 12.2. The SMILES string of the molecule is COc1ccc(OC)c(CCC(=O)Nc2ccc(C)cc2C)c1. The highest BCUT2D eigenvalue weighted by Gasteiger charge is 2.09. The van der Waals surface area contributed by atoms with Crippen molar-refractivity contribution in [2.24, 2.45) is 0 Å². The maximum Gasteiger partial charge on any atom is 0.224 e. The smallest absolute Gasteiger partial charge is 0.224 e. The van der Waals surface area contributed by atoms with Gasteiger partial charge >= 0.3 is 0 Å². The average Bonchev–Trinajstić information content (AvgIpc) is 2.55. The third-order valence-corrected chi connectivity index (χ3v) is 3.76. The number of nitrogens with one attached hydrogen (secondary N) is 1. The molecule has 4 nitrogen and oxygen atoms in total. The van der Waals surface area contributed by atoms with Crippen molar-refractivity contribution in [2.45, 2.75) is 26.7 Å². The Morgan fingerprint density at radius 3 is 2.48 bits per heavy atom. The number of hydrogen-bond acceptors (Lipinski definition) is 3. The van der Waals surface area contributed by atoms with Crippen LogP contribution in [-0.2, 0) is 11.2 Å². The second-order valence-corrected chi connectivity index (χ2v) is 5.54. The monoisotopic (exact) mass is 313 g/mol. The van der Waals surface area contributed by atoms with Gasteiger partial charge in [0.05, 0.1) is 14.2 Å². The standard InChI is InChI=1S/C19H23NO3/c1-13-5-8-17(14(2)11-13)20-19(21)10-6-15-12-16(22-3)7-9-18(15)23-4/h5,7-9,11-12H,6,10H2,1-4H3,(H,20,21). The van der Waals surface area contributed by atoms with E-state index in [-0.39, 0.29) is 5.91 Å². The summed E-state index contributed by atoms with van der Waals surface area (Å²) in [5, 5.41) is 2.96. The molecule has 23 heavy (non-hydrogen) atoms. The summed E-state index contributed by atoms with van der Waals surface area (Å²) in [7, 11) is 3.25. The van der Waals surface area contributed by atoms with Crippen molar-refractivity contribution in [1.82, 2.24) is 0 Å². The first kappa shape index (κ1) is 16.9. The fourth-order valence-electron chi connectivity index (χ4n) is 2.49. The molecule has 0 aliphatic carbocycles. The number of ether oxygens (including phenoxy) is 2. The highest BCUT2D eigenvalue weighted by molar-refractivity contribution is 5.91. The van der Waals surface area contributed by atoms with Crippen molar-refractivity contribution >= 4 is 11.6 Å². The lowest BCUT2D eigenvalue weighted by atomic mass is 10.1. The van der Waals surface area contributed by atoms with Gasteiger partial charge in [-0.1, -0.05) is 17.7 Å². The molecule has 0 aliphatic heterocycles. The van der Waals surface area contributed by atoms with Crippen molar-refractivity contribution in [2.75, 3.05) is 19.5 Å². The van der Waals surface area contributed by atoms with Crippen molar-refractivity contribution in [3.8, 4) is 11.5 Å². The zero-order valence-electron chi connectivity index (χ0n) is 14.1. The molecule has 1 N–H and O–H groups in total. The molecule has 122 valence electrons. The highest BCUT2D eigenvalue weighted by Crippen LogP contribution is 2.25. The van der Waals surface area contributed by atoms with Gasteiger partial charge in [0.1, 0.15) is 11.5 Å². The predicted molar refractivity (Wildman–Crippen MR) is 92.4 cm³/mol. The van der Waals surface area contributed by atoms with Gasteiger partial charge in [-0.05, 0) is 55.7 Å². The predicted octanol–water partition coefficient (Wildman–Crippen LogP) is 3.89. The third-order valence-electron chi connectivity index (χ3n) is 3.76. The van der Waals surface area contributed by atoms with E-state index in [1.165, 1.54) is 5.56 Å². The van der Waals surface area contributed by atoms with Crippen molar-refractivity contribution in [3.05, 3.63) is 53.1 Å². The molecule has 1 amide bonds. The fraction of sp³-hybridized carbons (Fsp3) is 0.316. The average molecular weight is 313 g/mol. The normalized spacial score (nSPS) is 10.3. The number of benzene rings is 2. The summed E-state index contributed by atoms with van der Waals surface area (Å²) in [5.74, 6) is 1.52. The Labute approximate surface area is 137 Å². The Kier molecular flexibility index (Phi) is 5.63. The molecular weight excluding hydrogens is 290 g/mol. The van der Waals surface area contributed by atoms with Gasteiger partial charge < -0.3 is 14.8 Å². The minimum absolute atomic E-state index is 0.0122. The van der Waals surface area contributed by atoms with E-state index < -0.39 is 0 Å². The second kappa shape index (κ2) is 7.68. The van der Waals surface area contributed by atoms with Gasteiger partial charge in [0.25, 0.3) is 0 Å². The molecule has 0 bridgehead atoms. The molecule has 4 heteroatoms. The van der Waals surface area contributed by atoms with Crippen LogP contribution in [0.5, 0.6) is 11.5 Å². The molecule has 2 aromatic rings. The first-order chi connectivity index (χ1) is 11.0. The highest BCUT2D eigenvalue weighted by atomic mass is 16.5. The van der Waals surface area contributed by atoms with Gasteiger partial charge in [0.15, 0.2) is 0 Å². The summed E-state index contributed by atoms with van der Waals surface area (Å²) in [6.45, 7) is 4.03. The summed E-state index contributed by atoms with van der Waals surface area (Å²) in [5.41, 5.74) is 4.07. The van der Waals surface area contributed by atoms with Crippen molar-refractivity contribution < 1.29 is 14.3 Å². The molecule has 0 heterocycles. The Hall–Kier alpha value is -2.49. The first-order valence-electron chi connectivity index (χ1n) is 7.61. The van der Waals surface area contributed by atoms with Gasteiger partial charge in [-0.15, -0.1) is 0 Å². The van der Waals surface area contributed by atoms with Crippen molar-refractivity contribution in [3.63, 3.8) is 0 Å². The van der Waals surface area contributed by atoms with Crippen LogP contribution in [0.25, 0.3) is 0 Å². The van der Waals surface area contributed by atoms with Crippen LogP contribution in [0.3, 0.4) is 0 Å². The van der Waals surface area contributed by atoms with Crippen LogP contribution >= 0.6 is 0 Å². The molecule has 0 aliphatic rings. The molecule has 0 saturated carbocycles. The van der Waals surface area contributed by atoms with Gasteiger partial charge in [0, 0.05) is 12.1 Å². The van der Waals surface area contributed by atoms with Gasteiger partial charge in [-0.25, -0.2) is 0 Å². The van der Waals surface area contributed by atoms with E-state index in [4.69, 9.17) is 9.47 Å². The Morgan fingerprint density at radius 1 is 1.04 bits per heavy atom. The van der Waals surface area contributed by atoms with E-state index in [1.54, 1.807) is 14.2 Å². The topological polar surface area (TPSA) is 47.6 Å². The van der Waals surface area contributed by atoms with Crippen molar-refractivity contribution in [1.29, 1.82) is 0 Å². The molecule has 0 aromatic heterocycles. The number of carbonyl (C=O) groups excluding carboxylic acids is 1. The van der Waals surface area contributed by atoms with Gasteiger partial charge in [-0.3, -0.25) is 4.79 Å². The number of anilines is 1. The molecule has 0 atom stereocenters. The largest absolute Gasteiger partial charge is 0.497 e. The quantitative estimate of drug-likeness (QED) is 0.880. The summed E-state index contributed by atoms with van der Waals surface area (Å²) in [6.07, 6.45) is 0.980. The Bertz CT molecular complexity index is 695. The van der Waals surface area contributed by atoms with Gasteiger partial charge in [-0.2, -0.15) is 0 Å². The summed E-state index contributed by atoms with van der Waals surface area (Å²) in [6, 6.07) is 11.6. The fourth-order valence-corrected chi connectivity index (χ4v) is 2.49. The van der Waals surface area contributed by atoms with Crippen LogP contribution in [0.15, 0.2) is 36.4 Å². The Morgan fingerprint density at radius 2 is 1.83 bits per heavy atom. The van der Waals surface area contributed by atoms with E-state index in [2.05, 4.69) is 11.4 Å². The number of amides is 1. The summed E-state index contributed by atoms with van der Waals surface area (Å²) >= 11 is 0. The summed E-state index contributed by atoms with van der Waals surface area (Å²) < 4.78 is 10.6. The van der Waals surface area contributed by atoms with Crippen LogP contribution in [0.2, 0.25) is 0 Å². The van der Waals surface area contributed by atoms with Crippen LogP contribution in [0.4, 0.5) is 5.69 Å². The van der Waals surface area contributed by atoms with E-state index in [9.17, 15) is 4.79 Å². The lowest BCUT2D eigenvalue weighted by molar-refractivity contribution is -0.116. The zero-order chi connectivity index (χ0) is 16.8. The molecule has 0 radical (unpaired) electrons. The van der Waals surface area contributed by atoms with Crippen LogP contribution < -0.4 is 14.8 Å². The first-order valence-corrected chi connectivity index (χ1v) is 7.61. The van der Waals surface area contributed by atoms with E-state index in [1.807, 2.05) is 44.2 Å². The lowest BCUT2D eigenvalue weighted by Gasteiger charge is -2.12. The zero-order valence-corrected chi connectivity index (χ0v) is 14.1. The Balaban J connectivity index is 2.01. The van der Waals surface area contributed by atoms with E-state index >= 15 is 0 Å². The maximum absolute atomic E-state index is 12.2. The second-order valence-electron chi connectivity index (χ2n) is 5.54. The molecule has 0 unspecified atom stereocenters. The summed E-state index contributed by atoms with van der Waals surface area (Å²) in [4.78, 5) is 12.2. The third kappa shape index (κ3) is 4.49. The number of rotatable bonds is 6. The number of carbonyl (C=O) groups is 1. The minimum atomic E-state index is -0.0122. The van der Waals surface area contributed by atoms with Gasteiger partial charge in [0.2, 0.25) is 5.91 Å². The van der Waals surface area contributed by atoms with E-state index in [0.29, 0.717) is 12.8 Å². The number of hydrogen-bond donors (Lipinski definition) is 1.